The summed E-state index contributed by atoms with van der Waals surface area (Å²) in [6.45, 7) is 0. The van der Waals surface area contributed by atoms with Gasteiger partial charge in [-0.2, -0.15) is 0 Å². The average molecular weight is 283 g/mol. The summed E-state index contributed by atoms with van der Waals surface area (Å²) in [5.74, 6) is 2.18. The molecule has 0 aromatic heterocycles. The van der Waals surface area contributed by atoms with Gasteiger partial charge in [0, 0.05) is 0 Å². The van der Waals surface area contributed by atoms with Crippen LogP contribution in [0.4, 0.5) is 0 Å². The number of benzene rings is 1. The Balaban J connectivity index is 3.02. The molecule has 86 valence electrons. The SMILES string of the molecule is NNC(=O)C(=O)Oc1c(Cl)ccc(Cl)c1Cl. The van der Waals surface area contributed by atoms with Crippen molar-refractivity contribution in [3.05, 3.63) is 27.2 Å². The zero-order valence-electron chi connectivity index (χ0n) is 7.59. The number of nitrogens with two attached hydrogens (primary N) is 1. The van der Waals surface area contributed by atoms with E-state index in [1.807, 2.05) is 0 Å². The molecule has 1 aromatic carbocycles. The quantitative estimate of drug-likeness (QED) is 0.156. The van der Waals surface area contributed by atoms with E-state index in [1.165, 1.54) is 12.1 Å². The molecule has 16 heavy (non-hydrogen) atoms. The third kappa shape index (κ3) is 2.76. The largest absolute Gasteiger partial charge is 0.416 e. The number of carbonyl (C=O) groups excluding carboxylic acids is 2. The summed E-state index contributed by atoms with van der Waals surface area (Å²) in [7, 11) is 0. The second kappa shape index (κ2) is 5.36. The molecule has 0 aliphatic heterocycles. The van der Waals surface area contributed by atoms with Crippen LogP contribution in [0.1, 0.15) is 0 Å². The van der Waals surface area contributed by atoms with E-state index < -0.39 is 11.9 Å². The molecule has 0 bridgehead atoms. The van der Waals surface area contributed by atoms with E-state index in [9.17, 15) is 9.59 Å². The van der Waals surface area contributed by atoms with Crippen molar-refractivity contribution in [1.29, 1.82) is 0 Å². The van der Waals surface area contributed by atoms with Crippen LogP contribution in [0, 0.1) is 0 Å². The molecule has 0 atom stereocenters. The zero-order chi connectivity index (χ0) is 12.3. The van der Waals surface area contributed by atoms with Crippen LogP contribution in [0.2, 0.25) is 15.1 Å². The highest BCUT2D eigenvalue weighted by Gasteiger charge is 2.19. The summed E-state index contributed by atoms with van der Waals surface area (Å²) in [6.07, 6.45) is 0. The first-order chi connectivity index (χ1) is 7.47. The predicted octanol–water partition coefficient (Wildman–Crippen LogP) is 1.54. The second-order valence-corrected chi connectivity index (χ2v) is 3.73. The Hall–Kier alpha value is -1.01. The Bertz CT molecular complexity index is 450. The minimum absolute atomic E-state index is 0.0487. The first-order valence-electron chi connectivity index (χ1n) is 3.83. The van der Waals surface area contributed by atoms with Crippen molar-refractivity contribution in [1.82, 2.24) is 5.43 Å². The molecule has 1 amide bonds. The van der Waals surface area contributed by atoms with Crippen molar-refractivity contribution in [3.63, 3.8) is 0 Å². The van der Waals surface area contributed by atoms with E-state index in [0.717, 1.165) is 0 Å². The monoisotopic (exact) mass is 282 g/mol. The fourth-order valence-corrected chi connectivity index (χ4v) is 1.40. The highest BCUT2D eigenvalue weighted by Crippen LogP contribution is 2.37. The molecular weight excluding hydrogens is 278 g/mol. The van der Waals surface area contributed by atoms with Crippen LogP contribution >= 0.6 is 34.8 Å². The summed E-state index contributed by atoms with van der Waals surface area (Å²) >= 11 is 17.1. The van der Waals surface area contributed by atoms with Gasteiger partial charge in [-0.3, -0.25) is 10.2 Å². The minimum atomic E-state index is -1.24. The van der Waals surface area contributed by atoms with Crippen molar-refractivity contribution >= 4 is 46.7 Å². The maximum atomic E-state index is 11.1. The number of rotatable bonds is 1. The van der Waals surface area contributed by atoms with Gasteiger partial charge in [0.1, 0.15) is 5.02 Å². The van der Waals surface area contributed by atoms with Crippen molar-refractivity contribution in [2.24, 2.45) is 5.84 Å². The molecule has 0 aliphatic rings. The zero-order valence-corrected chi connectivity index (χ0v) is 9.86. The number of carbonyl (C=O) groups is 2. The third-order valence-electron chi connectivity index (χ3n) is 1.51. The summed E-state index contributed by atoms with van der Waals surface area (Å²) in [5, 5.41) is 0.127. The lowest BCUT2D eigenvalue weighted by Crippen LogP contribution is -2.38. The van der Waals surface area contributed by atoms with E-state index >= 15 is 0 Å². The van der Waals surface area contributed by atoms with Gasteiger partial charge >= 0.3 is 11.9 Å². The Morgan fingerprint density at radius 1 is 1.19 bits per heavy atom. The summed E-state index contributed by atoms with van der Waals surface area (Å²) in [4.78, 5) is 21.9. The second-order valence-electron chi connectivity index (χ2n) is 2.54. The van der Waals surface area contributed by atoms with Crippen LogP contribution in [0.15, 0.2) is 12.1 Å². The summed E-state index contributed by atoms with van der Waals surface area (Å²) in [5.41, 5.74) is 1.61. The summed E-state index contributed by atoms with van der Waals surface area (Å²) in [6, 6.07) is 2.80. The molecule has 0 spiro atoms. The molecule has 0 saturated heterocycles. The number of hydrazine groups is 1. The fourth-order valence-electron chi connectivity index (χ4n) is 0.800. The molecule has 3 N–H and O–H groups in total. The normalized spacial score (nSPS) is 9.75. The molecule has 0 radical (unpaired) electrons. The van der Waals surface area contributed by atoms with Crippen LogP contribution in [-0.4, -0.2) is 11.9 Å². The van der Waals surface area contributed by atoms with Gasteiger partial charge in [0.15, 0.2) is 5.75 Å². The average Bonchev–Trinajstić information content (AvgIpc) is 2.28. The van der Waals surface area contributed by atoms with Gasteiger partial charge in [-0.05, 0) is 12.1 Å². The van der Waals surface area contributed by atoms with E-state index in [0.29, 0.717) is 0 Å². The molecule has 0 heterocycles. The lowest BCUT2D eigenvalue weighted by atomic mass is 10.3. The highest BCUT2D eigenvalue weighted by molar-refractivity contribution is 6.45. The van der Waals surface area contributed by atoms with E-state index in [1.54, 1.807) is 5.43 Å². The third-order valence-corrected chi connectivity index (χ3v) is 2.60. The van der Waals surface area contributed by atoms with Crippen LogP contribution in [0.3, 0.4) is 0 Å². The molecule has 8 heteroatoms. The lowest BCUT2D eigenvalue weighted by Gasteiger charge is -2.07. The number of ether oxygens (including phenoxy) is 1. The van der Waals surface area contributed by atoms with Gasteiger partial charge in [-0.15, -0.1) is 0 Å². The van der Waals surface area contributed by atoms with Gasteiger partial charge in [0.05, 0.1) is 10.0 Å². The number of amides is 1. The number of esters is 1. The Labute approximate surface area is 105 Å². The Kier molecular flexibility index (Phi) is 4.37. The Morgan fingerprint density at radius 2 is 1.75 bits per heavy atom. The first kappa shape index (κ1) is 13.1. The standard InChI is InChI=1S/C8H5Cl3N2O3/c9-3-1-2-4(10)6(5(3)11)16-8(15)7(14)13-12/h1-2H,12H2,(H,13,14). The molecule has 1 aromatic rings. The fraction of sp³-hybridized carbons (Fsp3) is 0. The molecular formula is C8H5Cl3N2O3. The molecule has 5 nitrogen and oxygen atoms in total. The summed E-state index contributed by atoms with van der Waals surface area (Å²) < 4.78 is 4.63. The molecule has 0 aliphatic carbocycles. The molecule has 0 unspecified atom stereocenters. The topological polar surface area (TPSA) is 81.4 Å². The number of hydrogen-bond donors (Lipinski definition) is 2. The van der Waals surface area contributed by atoms with Gasteiger partial charge in [0.2, 0.25) is 0 Å². The maximum absolute atomic E-state index is 11.1. The minimum Gasteiger partial charge on any atom is -0.416 e. The van der Waals surface area contributed by atoms with Crippen molar-refractivity contribution < 1.29 is 14.3 Å². The van der Waals surface area contributed by atoms with Gasteiger partial charge in [0.25, 0.3) is 0 Å². The highest BCUT2D eigenvalue weighted by atomic mass is 35.5. The molecule has 0 fully saturated rings. The predicted molar refractivity (Wildman–Crippen MR) is 59.4 cm³/mol. The van der Waals surface area contributed by atoms with Crippen LogP contribution in [0.25, 0.3) is 0 Å². The van der Waals surface area contributed by atoms with Crippen LogP contribution in [-0.2, 0) is 9.59 Å². The first-order valence-corrected chi connectivity index (χ1v) is 4.97. The van der Waals surface area contributed by atoms with E-state index in [2.05, 4.69) is 4.74 Å². The van der Waals surface area contributed by atoms with Crippen molar-refractivity contribution in [3.8, 4) is 5.75 Å². The van der Waals surface area contributed by atoms with E-state index in [-0.39, 0.29) is 20.8 Å². The van der Waals surface area contributed by atoms with Crippen molar-refractivity contribution in [2.45, 2.75) is 0 Å². The number of halogens is 3. The van der Waals surface area contributed by atoms with Gasteiger partial charge in [-0.25, -0.2) is 10.6 Å². The molecule has 1 rings (SSSR count). The maximum Gasteiger partial charge on any atom is 0.403 e. The van der Waals surface area contributed by atoms with Crippen LogP contribution < -0.4 is 16.0 Å². The smallest absolute Gasteiger partial charge is 0.403 e. The van der Waals surface area contributed by atoms with Gasteiger partial charge in [-0.1, -0.05) is 34.8 Å². The van der Waals surface area contributed by atoms with E-state index in [4.69, 9.17) is 40.6 Å². The van der Waals surface area contributed by atoms with Crippen molar-refractivity contribution in [2.75, 3.05) is 0 Å². The molecule has 0 saturated carbocycles. The van der Waals surface area contributed by atoms with Crippen LogP contribution in [0.5, 0.6) is 5.75 Å². The number of nitrogens with one attached hydrogen (secondary N) is 1. The lowest BCUT2D eigenvalue weighted by molar-refractivity contribution is -0.148. The van der Waals surface area contributed by atoms with Gasteiger partial charge < -0.3 is 4.74 Å². The Morgan fingerprint density at radius 3 is 2.31 bits per heavy atom. The number of hydrogen-bond acceptors (Lipinski definition) is 4.